The molecule has 1 rings (SSSR count). The molecule has 1 atom stereocenters. The molecule has 1 aromatic rings. The topological polar surface area (TPSA) is 79.0 Å². The summed E-state index contributed by atoms with van der Waals surface area (Å²) in [5, 5.41) is 17.1. The Labute approximate surface area is 145 Å². The van der Waals surface area contributed by atoms with E-state index in [1.165, 1.54) is 0 Å². The molecule has 24 heavy (non-hydrogen) atoms. The number of guanidine groups is 1. The highest BCUT2D eigenvalue weighted by Gasteiger charge is 2.27. The van der Waals surface area contributed by atoms with Crippen molar-refractivity contribution in [2.45, 2.75) is 47.1 Å². The smallest absolute Gasteiger partial charge is 0.191 e. The van der Waals surface area contributed by atoms with Crippen LogP contribution in [0.4, 0.5) is 0 Å². The van der Waals surface area contributed by atoms with Crippen molar-refractivity contribution < 1.29 is 14.3 Å². The predicted molar refractivity (Wildman–Crippen MR) is 97.4 cm³/mol. The van der Waals surface area contributed by atoms with E-state index in [2.05, 4.69) is 29.5 Å². The Morgan fingerprint density at radius 1 is 1.38 bits per heavy atom. The summed E-state index contributed by atoms with van der Waals surface area (Å²) in [5.41, 5.74) is -0.293. The second kappa shape index (κ2) is 9.69. The van der Waals surface area contributed by atoms with Gasteiger partial charge < -0.3 is 24.9 Å². The zero-order valence-electron chi connectivity index (χ0n) is 15.9. The van der Waals surface area contributed by atoms with Gasteiger partial charge in [-0.15, -0.1) is 0 Å². The maximum absolute atomic E-state index is 10.7. The number of rotatable bonds is 9. The minimum atomic E-state index is -1.07. The van der Waals surface area contributed by atoms with E-state index in [1.54, 1.807) is 6.92 Å². The van der Waals surface area contributed by atoms with Crippen molar-refractivity contribution in [2.75, 3.05) is 32.8 Å². The standard InChI is InChI=1S/C18H33N3O3/c1-7-19-17(20-8-9-23-11-13(2)3)21-12-18(6,22)16-10-14(4)24-15(16)5/h10,13,22H,7-9,11-12H2,1-6H3,(H2,19,20,21). The zero-order valence-corrected chi connectivity index (χ0v) is 15.9. The molecule has 0 aliphatic heterocycles. The molecule has 0 amide bonds. The average molecular weight is 339 g/mol. The minimum absolute atomic E-state index is 0.245. The van der Waals surface area contributed by atoms with Crippen LogP contribution < -0.4 is 10.6 Å². The Kier molecular flexibility index (Phi) is 8.28. The van der Waals surface area contributed by atoms with Gasteiger partial charge in [0, 0.05) is 25.3 Å². The van der Waals surface area contributed by atoms with E-state index in [0.717, 1.165) is 30.2 Å². The lowest BCUT2D eigenvalue weighted by molar-refractivity contribution is 0.0656. The van der Waals surface area contributed by atoms with Crippen LogP contribution in [0.25, 0.3) is 0 Å². The Morgan fingerprint density at radius 2 is 2.08 bits per heavy atom. The Bertz CT molecular complexity index is 522. The van der Waals surface area contributed by atoms with E-state index < -0.39 is 5.60 Å². The normalized spacial score (nSPS) is 14.8. The highest BCUT2D eigenvalue weighted by Crippen LogP contribution is 2.27. The van der Waals surface area contributed by atoms with E-state index in [4.69, 9.17) is 9.15 Å². The van der Waals surface area contributed by atoms with E-state index in [-0.39, 0.29) is 6.54 Å². The van der Waals surface area contributed by atoms with Gasteiger partial charge in [-0.25, -0.2) is 4.99 Å². The number of hydrogen-bond acceptors (Lipinski definition) is 4. The van der Waals surface area contributed by atoms with Gasteiger partial charge in [0.2, 0.25) is 0 Å². The lowest BCUT2D eigenvalue weighted by Crippen LogP contribution is -2.40. The van der Waals surface area contributed by atoms with Crippen LogP contribution in [0.3, 0.4) is 0 Å². The number of aryl methyl sites for hydroxylation is 2. The van der Waals surface area contributed by atoms with Crippen molar-refractivity contribution in [3.8, 4) is 0 Å². The van der Waals surface area contributed by atoms with Gasteiger partial charge in [0.15, 0.2) is 5.96 Å². The molecule has 0 bridgehead atoms. The molecular formula is C18H33N3O3. The number of aliphatic imine (C=N–C) groups is 1. The molecule has 0 saturated heterocycles. The van der Waals surface area contributed by atoms with Crippen LogP contribution >= 0.6 is 0 Å². The van der Waals surface area contributed by atoms with Crippen LogP contribution in [0.1, 0.15) is 44.8 Å². The molecule has 0 radical (unpaired) electrons. The SMILES string of the molecule is CCNC(=NCC(C)(O)c1cc(C)oc1C)NCCOCC(C)C. The lowest BCUT2D eigenvalue weighted by atomic mass is 9.96. The third-order valence-corrected chi connectivity index (χ3v) is 3.50. The number of hydrogen-bond donors (Lipinski definition) is 3. The average Bonchev–Trinajstić information content (AvgIpc) is 2.83. The molecule has 0 fully saturated rings. The number of nitrogens with zero attached hydrogens (tertiary/aromatic N) is 1. The number of nitrogens with one attached hydrogen (secondary N) is 2. The van der Waals surface area contributed by atoms with Crippen LogP contribution in [-0.4, -0.2) is 43.9 Å². The van der Waals surface area contributed by atoms with Crippen molar-refractivity contribution in [1.82, 2.24) is 10.6 Å². The van der Waals surface area contributed by atoms with Crippen molar-refractivity contribution in [2.24, 2.45) is 10.9 Å². The summed E-state index contributed by atoms with van der Waals surface area (Å²) in [6.07, 6.45) is 0. The molecule has 0 aromatic carbocycles. The van der Waals surface area contributed by atoms with Crippen LogP contribution in [0.5, 0.6) is 0 Å². The summed E-state index contributed by atoms with van der Waals surface area (Å²) in [4.78, 5) is 4.49. The molecule has 0 spiro atoms. The van der Waals surface area contributed by atoms with Crippen LogP contribution in [0.15, 0.2) is 15.5 Å². The van der Waals surface area contributed by atoms with Gasteiger partial charge in [-0.3, -0.25) is 0 Å². The van der Waals surface area contributed by atoms with Gasteiger partial charge in [-0.1, -0.05) is 13.8 Å². The summed E-state index contributed by atoms with van der Waals surface area (Å²) in [6.45, 7) is 14.8. The molecule has 1 unspecified atom stereocenters. The number of aliphatic hydroxyl groups is 1. The molecular weight excluding hydrogens is 306 g/mol. The Balaban J connectivity index is 2.59. The van der Waals surface area contributed by atoms with E-state index in [0.29, 0.717) is 25.0 Å². The van der Waals surface area contributed by atoms with Crippen molar-refractivity contribution in [1.29, 1.82) is 0 Å². The first-order chi connectivity index (χ1) is 11.3. The molecule has 3 N–H and O–H groups in total. The molecule has 138 valence electrons. The summed E-state index contributed by atoms with van der Waals surface area (Å²) >= 11 is 0. The first-order valence-corrected chi connectivity index (χ1v) is 8.66. The number of furan rings is 1. The van der Waals surface area contributed by atoms with E-state index >= 15 is 0 Å². The highest BCUT2D eigenvalue weighted by molar-refractivity contribution is 5.79. The molecule has 1 aromatic heterocycles. The monoisotopic (exact) mass is 339 g/mol. The second-order valence-electron chi connectivity index (χ2n) is 6.69. The summed E-state index contributed by atoms with van der Waals surface area (Å²) < 4.78 is 11.1. The maximum Gasteiger partial charge on any atom is 0.191 e. The van der Waals surface area contributed by atoms with E-state index in [9.17, 15) is 5.11 Å². The summed E-state index contributed by atoms with van der Waals surface area (Å²) in [6, 6.07) is 1.87. The predicted octanol–water partition coefficient (Wildman–Crippen LogP) is 2.33. The van der Waals surface area contributed by atoms with Crippen molar-refractivity contribution >= 4 is 5.96 Å². The Morgan fingerprint density at radius 3 is 2.62 bits per heavy atom. The van der Waals surface area contributed by atoms with Gasteiger partial charge in [0.1, 0.15) is 17.1 Å². The largest absolute Gasteiger partial charge is 0.466 e. The van der Waals surface area contributed by atoms with Gasteiger partial charge in [0.05, 0.1) is 13.2 Å². The highest BCUT2D eigenvalue weighted by atomic mass is 16.5. The zero-order chi connectivity index (χ0) is 18.2. The van der Waals surface area contributed by atoms with Gasteiger partial charge in [-0.2, -0.15) is 0 Å². The second-order valence-corrected chi connectivity index (χ2v) is 6.69. The van der Waals surface area contributed by atoms with Gasteiger partial charge in [0.25, 0.3) is 0 Å². The molecule has 0 aliphatic rings. The molecule has 0 saturated carbocycles. The number of ether oxygens (including phenoxy) is 1. The lowest BCUT2D eigenvalue weighted by Gasteiger charge is -2.21. The first-order valence-electron chi connectivity index (χ1n) is 8.66. The maximum atomic E-state index is 10.7. The molecule has 6 nitrogen and oxygen atoms in total. The summed E-state index contributed by atoms with van der Waals surface area (Å²) in [5.74, 6) is 2.72. The van der Waals surface area contributed by atoms with E-state index in [1.807, 2.05) is 26.8 Å². The van der Waals surface area contributed by atoms with Gasteiger partial charge in [-0.05, 0) is 39.7 Å². The molecule has 0 aliphatic carbocycles. The third-order valence-electron chi connectivity index (χ3n) is 3.50. The van der Waals surface area contributed by atoms with Gasteiger partial charge >= 0.3 is 0 Å². The molecule has 1 heterocycles. The quantitative estimate of drug-likeness (QED) is 0.366. The van der Waals surface area contributed by atoms with Crippen molar-refractivity contribution in [3.05, 3.63) is 23.2 Å². The summed E-state index contributed by atoms with van der Waals surface area (Å²) in [7, 11) is 0. The first kappa shape index (κ1) is 20.5. The van der Waals surface area contributed by atoms with Crippen LogP contribution in [0, 0.1) is 19.8 Å². The fourth-order valence-electron chi connectivity index (χ4n) is 2.39. The van der Waals surface area contributed by atoms with Crippen LogP contribution in [-0.2, 0) is 10.3 Å². The fraction of sp³-hybridized carbons (Fsp3) is 0.722. The minimum Gasteiger partial charge on any atom is -0.466 e. The fourth-order valence-corrected chi connectivity index (χ4v) is 2.39. The van der Waals surface area contributed by atoms with Crippen LogP contribution in [0.2, 0.25) is 0 Å². The van der Waals surface area contributed by atoms with Crippen molar-refractivity contribution in [3.63, 3.8) is 0 Å². The molecule has 6 heteroatoms. The Hall–Kier alpha value is -1.53. The third kappa shape index (κ3) is 6.93.